The second-order valence-electron chi connectivity index (χ2n) is 3.97. The van der Waals surface area contributed by atoms with Crippen LogP contribution in [0, 0.1) is 6.92 Å². The number of ether oxygens (including phenoxy) is 2. The van der Waals surface area contributed by atoms with E-state index in [4.69, 9.17) is 15.2 Å². The van der Waals surface area contributed by atoms with Crippen LogP contribution in [0.4, 0.5) is 0 Å². The second kappa shape index (κ2) is 4.95. The summed E-state index contributed by atoms with van der Waals surface area (Å²) in [4.78, 5) is 21.7. The van der Waals surface area contributed by atoms with Crippen LogP contribution < -0.4 is 20.5 Å². The molecule has 18 heavy (non-hydrogen) atoms. The molecular formula is C12H14N2O4. The molecule has 1 aliphatic heterocycles. The highest BCUT2D eigenvalue weighted by Gasteiger charge is 2.15. The fourth-order valence-corrected chi connectivity index (χ4v) is 1.69. The summed E-state index contributed by atoms with van der Waals surface area (Å²) in [6.45, 7) is 3.15. The molecule has 0 atom stereocenters. The van der Waals surface area contributed by atoms with Gasteiger partial charge in [-0.05, 0) is 30.2 Å². The molecule has 1 aromatic carbocycles. The average Bonchev–Trinajstić information content (AvgIpc) is 2.35. The van der Waals surface area contributed by atoms with Gasteiger partial charge >= 0.3 is 11.8 Å². The second-order valence-corrected chi connectivity index (χ2v) is 3.97. The van der Waals surface area contributed by atoms with Crippen molar-refractivity contribution in [3.8, 4) is 11.5 Å². The van der Waals surface area contributed by atoms with Crippen molar-refractivity contribution in [2.45, 2.75) is 13.5 Å². The minimum absolute atomic E-state index is 0.226. The SMILES string of the molecule is Cc1cc2c(cc1CNC(=O)C(N)=O)OCCO2. The molecule has 0 saturated heterocycles. The van der Waals surface area contributed by atoms with E-state index < -0.39 is 11.8 Å². The third kappa shape index (κ3) is 2.53. The van der Waals surface area contributed by atoms with E-state index in [0.29, 0.717) is 24.7 Å². The standard InChI is InChI=1S/C12H14N2O4/c1-7-4-9-10(18-3-2-17-9)5-8(7)6-14-12(16)11(13)15/h4-5H,2-3,6H2,1H3,(H2,13,15)(H,14,16). The van der Waals surface area contributed by atoms with E-state index in [0.717, 1.165) is 11.1 Å². The van der Waals surface area contributed by atoms with Crippen LogP contribution in [0.3, 0.4) is 0 Å². The van der Waals surface area contributed by atoms with Gasteiger partial charge in [0, 0.05) is 6.54 Å². The van der Waals surface area contributed by atoms with Gasteiger partial charge < -0.3 is 20.5 Å². The summed E-state index contributed by atoms with van der Waals surface area (Å²) >= 11 is 0. The summed E-state index contributed by atoms with van der Waals surface area (Å²) in [6.07, 6.45) is 0. The van der Waals surface area contributed by atoms with Crippen molar-refractivity contribution in [3.05, 3.63) is 23.3 Å². The number of hydrogen-bond acceptors (Lipinski definition) is 4. The topological polar surface area (TPSA) is 90.7 Å². The number of aryl methyl sites for hydroxylation is 1. The van der Waals surface area contributed by atoms with Gasteiger partial charge in [-0.1, -0.05) is 0 Å². The van der Waals surface area contributed by atoms with Crippen LogP contribution in [-0.4, -0.2) is 25.0 Å². The Balaban J connectivity index is 2.13. The van der Waals surface area contributed by atoms with Crippen molar-refractivity contribution in [1.82, 2.24) is 5.32 Å². The Kier molecular flexibility index (Phi) is 3.36. The highest BCUT2D eigenvalue weighted by Crippen LogP contribution is 2.32. The summed E-state index contributed by atoms with van der Waals surface area (Å²) in [7, 11) is 0. The molecule has 0 fully saturated rings. The molecule has 2 rings (SSSR count). The minimum Gasteiger partial charge on any atom is -0.486 e. The number of nitrogens with one attached hydrogen (secondary N) is 1. The Labute approximate surface area is 104 Å². The third-order valence-corrected chi connectivity index (χ3v) is 2.66. The first-order valence-corrected chi connectivity index (χ1v) is 5.54. The molecule has 6 nitrogen and oxygen atoms in total. The zero-order valence-corrected chi connectivity index (χ0v) is 9.99. The van der Waals surface area contributed by atoms with Gasteiger partial charge in [0.2, 0.25) is 0 Å². The highest BCUT2D eigenvalue weighted by molar-refractivity contribution is 6.34. The zero-order valence-electron chi connectivity index (χ0n) is 9.99. The van der Waals surface area contributed by atoms with E-state index >= 15 is 0 Å². The molecule has 0 aromatic heterocycles. The number of amides is 2. The van der Waals surface area contributed by atoms with Crippen LogP contribution in [0.1, 0.15) is 11.1 Å². The smallest absolute Gasteiger partial charge is 0.309 e. The number of carbonyl (C=O) groups is 2. The van der Waals surface area contributed by atoms with Crippen LogP contribution >= 0.6 is 0 Å². The fraction of sp³-hybridized carbons (Fsp3) is 0.333. The fourth-order valence-electron chi connectivity index (χ4n) is 1.69. The van der Waals surface area contributed by atoms with Gasteiger partial charge in [0.15, 0.2) is 11.5 Å². The molecule has 3 N–H and O–H groups in total. The monoisotopic (exact) mass is 250 g/mol. The Morgan fingerprint density at radius 2 is 1.89 bits per heavy atom. The average molecular weight is 250 g/mol. The van der Waals surface area contributed by atoms with Gasteiger partial charge in [-0.25, -0.2) is 0 Å². The van der Waals surface area contributed by atoms with E-state index in [1.807, 2.05) is 13.0 Å². The quantitative estimate of drug-likeness (QED) is 0.715. The molecular weight excluding hydrogens is 236 g/mol. The van der Waals surface area contributed by atoms with Crippen molar-refractivity contribution >= 4 is 11.8 Å². The van der Waals surface area contributed by atoms with Gasteiger partial charge in [0.25, 0.3) is 0 Å². The molecule has 0 aliphatic carbocycles. The van der Waals surface area contributed by atoms with Crippen LogP contribution in [0.25, 0.3) is 0 Å². The third-order valence-electron chi connectivity index (χ3n) is 2.66. The number of hydrogen-bond donors (Lipinski definition) is 2. The van der Waals surface area contributed by atoms with Crippen molar-refractivity contribution in [1.29, 1.82) is 0 Å². The molecule has 96 valence electrons. The Morgan fingerprint density at radius 1 is 1.28 bits per heavy atom. The van der Waals surface area contributed by atoms with E-state index in [2.05, 4.69) is 5.32 Å². The van der Waals surface area contributed by atoms with Gasteiger partial charge in [-0.3, -0.25) is 9.59 Å². The lowest BCUT2D eigenvalue weighted by Crippen LogP contribution is -2.35. The molecule has 6 heteroatoms. The summed E-state index contributed by atoms with van der Waals surface area (Å²) in [6, 6.07) is 3.64. The summed E-state index contributed by atoms with van der Waals surface area (Å²) < 4.78 is 10.9. The molecule has 2 amide bonds. The zero-order chi connectivity index (χ0) is 13.1. The lowest BCUT2D eigenvalue weighted by atomic mass is 10.1. The first-order chi connectivity index (χ1) is 8.58. The van der Waals surface area contributed by atoms with Crippen LogP contribution in [0.15, 0.2) is 12.1 Å². The first kappa shape index (κ1) is 12.2. The molecule has 0 spiro atoms. The maximum atomic E-state index is 11.1. The minimum atomic E-state index is -0.995. The normalized spacial score (nSPS) is 12.9. The van der Waals surface area contributed by atoms with Gasteiger partial charge in [0.1, 0.15) is 13.2 Å². The van der Waals surface area contributed by atoms with E-state index in [1.165, 1.54) is 0 Å². The van der Waals surface area contributed by atoms with Gasteiger partial charge in [-0.2, -0.15) is 0 Å². The lowest BCUT2D eigenvalue weighted by molar-refractivity contribution is -0.137. The molecule has 0 radical (unpaired) electrons. The number of nitrogens with two attached hydrogens (primary N) is 1. The molecule has 1 aromatic rings. The molecule has 1 aliphatic rings. The van der Waals surface area contributed by atoms with E-state index in [-0.39, 0.29) is 6.54 Å². The van der Waals surface area contributed by atoms with Crippen molar-refractivity contribution in [2.24, 2.45) is 5.73 Å². The van der Waals surface area contributed by atoms with Gasteiger partial charge in [-0.15, -0.1) is 0 Å². The molecule has 1 heterocycles. The van der Waals surface area contributed by atoms with Crippen molar-refractivity contribution in [2.75, 3.05) is 13.2 Å². The van der Waals surface area contributed by atoms with Crippen LogP contribution in [0.5, 0.6) is 11.5 Å². The largest absolute Gasteiger partial charge is 0.486 e. The maximum absolute atomic E-state index is 11.1. The number of primary amides is 1. The highest BCUT2D eigenvalue weighted by atomic mass is 16.6. The predicted octanol–water partition coefficient (Wildman–Crippen LogP) is -0.132. The molecule has 0 saturated carbocycles. The summed E-state index contributed by atoms with van der Waals surface area (Å²) in [5.41, 5.74) is 6.66. The number of fused-ring (bicyclic) bond motifs is 1. The summed E-state index contributed by atoms with van der Waals surface area (Å²) in [5.74, 6) is -0.451. The summed E-state index contributed by atoms with van der Waals surface area (Å²) in [5, 5.41) is 2.44. The van der Waals surface area contributed by atoms with Crippen LogP contribution in [-0.2, 0) is 16.1 Å². The number of carbonyl (C=O) groups excluding carboxylic acids is 2. The Bertz CT molecular complexity index is 499. The lowest BCUT2D eigenvalue weighted by Gasteiger charge is -2.20. The predicted molar refractivity (Wildman–Crippen MR) is 63.2 cm³/mol. The Hall–Kier alpha value is -2.24. The first-order valence-electron chi connectivity index (χ1n) is 5.54. The Morgan fingerprint density at radius 3 is 2.50 bits per heavy atom. The van der Waals surface area contributed by atoms with Crippen molar-refractivity contribution in [3.63, 3.8) is 0 Å². The van der Waals surface area contributed by atoms with Crippen molar-refractivity contribution < 1.29 is 19.1 Å². The molecule has 0 bridgehead atoms. The van der Waals surface area contributed by atoms with Gasteiger partial charge in [0.05, 0.1) is 0 Å². The number of rotatable bonds is 2. The van der Waals surface area contributed by atoms with E-state index in [9.17, 15) is 9.59 Å². The maximum Gasteiger partial charge on any atom is 0.309 e. The molecule has 0 unspecified atom stereocenters. The van der Waals surface area contributed by atoms with Crippen LogP contribution in [0.2, 0.25) is 0 Å². The number of benzene rings is 1. The van der Waals surface area contributed by atoms with E-state index in [1.54, 1.807) is 6.07 Å².